The van der Waals surface area contributed by atoms with Crippen LogP contribution < -0.4 is 5.32 Å². The quantitative estimate of drug-likeness (QED) is 0.760. The van der Waals surface area contributed by atoms with Gasteiger partial charge in [0.05, 0.1) is 0 Å². The van der Waals surface area contributed by atoms with Crippen LogP contribution >= 0.6 is 0 Å². The largest absolute Gasteiger partial charge is 0.446 e. The van der Waals surface area contributed by atoms with Crippen LogP contribution in [0.2, 0.25) is 0 Å². The molecule has 1 atom stereocenters. The molecule has 0 aliphatic carbocycles. The predicted octanol–water partition coefficient (Wildman–Crippen LogP) is 3.62. The molecule has 1 fully saturated rings. The Hall–Kier alpha value is -3.15. The Morgan fingerprint density at radius 1 is 1.03 bits per heavy atom. The molecule has 0 aromatic heterocycles. The summed E-state index contributed by atoms with van der Waals surface area (Å²) in [6.45, 7) is 2.36. The summed E-state index contributed by atoms with van der Waals surface area (Å²) in [5, 5.41) is 2.80. The van der Waals surface area contributed by atoms with E-state index in [4.69, 9.17) is 4.74 Å². The van der Waals surface area contributed by atoms with Crippen LogP contribution in [-0.4, -0.2) is 35.8 Å². The lowest BCUT2D eigenvalue weighted by Gasteiger charge is -2.22. The SMILES string of the molecule is Cc1ccc(NC(=O)[C@@H](OC(=O)CN2CCCCCC2=O)c2ccccc2)cc1. The summed E-state index contributed by atoms with van der Waals surface area (Å²) in [5.74, 6) is -1.07. The van der Waals surface area contributed by atoms with Crippen LogP contribution in [0, 0.1) is 6.92 Å². The second kappa shape index (κ2) is 9.87. The van der Waals surface area contributed by atoms with Gasteiger partial charge < -0.3 is 15.0 Å². The van der Waals surface area contributed by atoms with Crippen LogP contribution in [0.25, 0.3) is 0 Å². The number of benzene rings is 2. The molecule has 152 valence electrons. The summed E-state index contributed by atoms with van der Waals surface area (Å²) in [7, 11) is 0. The van der Waals surface area contributed by atoms with Gasteiger partial charge in [-0.05, 0) is 31.9 Å². The van der Waals surface area contributed by atoms with Gasteiger partial charge in [0.2, 0.25) is 12.0 Å². The lowest BCUT2D eigenvalue weighted by atomic mass is 10.1. The average molecular weight is 394 g/mol. The molecule has 1 N–H and O–H groups in total. The smallest absolute Gasteiger partial charge is 0.326 e. The average Bonchev–Trinajstić information content (AvgIpc) is 2.92. The fourth-order valence-electron chi connectivity index (χ4n) is 3.28. The van der Waals surface area contributed by atoms with Crippen molar-refractivity contribution in [2.75, 3.05) is 18.4 Å². The van der Waals surface area contributed by atoms with Gasteiger partial charge in [0, 0.05) is 24.2 Å². The Bertz CT molecular complexity index is 849. The third-order valence-corrected chi connectivity index (χ3v) is 4.90. The van der Waals surface area contributed by atoms with Gasteiger partial charge in [0.1, 0.15) is 6.54 Å². The maximum Gasteiger partial charge on any atom is 0.326 e. The van der Waals surface area contributed by atoms with Gasteiger partial charge in [0.15, 0.2) is 0 Å². The molecule has 6 heteroatoms. The van der Waals surface area contributed by atoms with Crippen LogP contribution in [0.15, 0.2) is 54.6 Å². The lowest BCUT2D eigenvalue weighted by molar-refractivity contribution is -0.157. The Morgan fingerprint density at radius 3 is 2.48 bits per heavy atom. The molecule has 0 spiro atoms. The van der Waals surface area contributed by atoms with E-state index in [9.17, 15) is 14.4 Å². The van der Waals surface area contributed by atoms with Crippen molar-refractivity contribution in [3.05, 3.63) is 65.7 Å². The highest BCUT2D eigenvalue weighted by Gasteiger charge is 2.27. The van der Waals surface area contributed by atoms with Gasteiger partial charge in [-0.15, -0.1) is 0 Å². The molecule has 2 amide bonds. The molecular weight excluding hydrogens is 368 g/mol. The van der Waals surface area contributed by atoms with E-state index in [2.05, 4.69) is 5.32 Å². The monoisotopic (exact) mass is 394 g/mol. The summed E-state index contributed by atoms with van der Waals surface area (Å²) < 4.78 is 5.54. The first-order valence-electron chi connectivity index (χ1n) is 9.92. The van der Waals surface area contributed by atoms with Crippen LogP contribution in [0.5, 0.6) is 0 Å². The van der Waals surface area contributed by atoms with E-state index in [1.807, 2.05) is 25.1 Å². The van der Waals surface area contributed by atoms with Gasteiger partial charge in [0.25, 0.3) is 5.91 Å². The summed E-state index contributed by atoms with van der Waals surface area (Å²) in [6.07, 6.45) is 2.05. The molecule has 0 bridgehead atoms. The fraction of sp³-hybridized carbons (Fsp3) is 0.348. The number of amides is 2. The highest BCUT2D eigenvalue weighted by Crippen LogP contribution is 2.21. The van der Waals surface area contributed by atoms with E-state index in [1.54, 1.807) is 36.4 Å². The zero-order valence-electron chi connectivity index (χ0n) is 16.6. The van der Waals surface area contributed by atoms with Crippen LogP contribution in [0.3, 0.4) is 0 Å². The first-order valence-corrected chi connectivity index (χ1v) is 9.92. The minimum Gasteiger partial charge on any atom is -0.446 e. The Balaban J connectivity index is 1.71. The number of likely N-dealkylation sites (tertiary alicyclic amines) is 1. The van der Waals surface area contributed by atoms with Crippen molar-refractivity contribution >= 4 is 23.5 Å². The van der Waals surface area contributed by atoms with Crippen LogP contribution in [0.1, 0.15) is 42.9 Å². The molecule has 0 saturated carbocycles. The number of hydrogen-bond acceptors (Lipinski definition) is 4. The second-order valence-corrected chi connectivity index (χ2v) is 7.26. The summed E-state index contributed by atoms with van der Waals surface area (Å²) in [4.78, 5) is 39.1. The highest BCUT2D eigenvalue weighted by molar-refractivity contribution is 5.96. The lowest BCUT2D eigenvalue weighted by Crippen LogP contribution is -2.37. The number of carbonyl (C=O) groups is 3. The number of anilines is 1. The molecule has 2 aromatic carbocycles. The van der Waals surface area contributed by atoms with Crippen molar-refractivity contribution < 1.29 is 19.1 Å². The first kappa shape index (κ1) is 20.6. The van der Waals surface area contributed by atoms with Crippen molar-refractivity contribution in [1.82, 2.24) is 4.90 Å². The van der Waals surface area contributed by atoms with Gasteiger partial charge >= 0.3 is 5.97 Å². The number of nitrogens with zero attached hydrogens (tertiary/aromatic N) is 1. The van der Waals surface area contributed by atoms with Crippen molar-refractivity contribution in [3.63, 3.8) is 0 Å². The van der Waals surface area contributed by atoms with E-state index < -0.39 is 18.0 Å². The standard InChI is InChI=1S/C23H26N2O4/c1-17-11-13-19(14-12-17)24-23(28)22(18-8-4-2-5-9-18)29-21(27)16-25-15-7-3-6-10-20(25)26/h2,4-5,8-9,11-14,22H,3,6-7,10,15-16H2,1H3,(H,24,28)/t22-/m0/s1. The molecular formula is C23H26N2O4. The first-order chi connectivity index (χ1) is 14.0. The zero-order chi connectivity index (χ0) is 20.6. The van der Waals surface area contributed by atoms with E-state index in [1.165, 1.54) is 4.90 Å². The fourth-order valence-corrected chi connectivity index (χ4v) is 3.28. The zero-order valence-corrected chi connectivity index (χ0v) is 16.6. The number of ether oxygens (including phenoxy) is 1. The van der Waals surface area contributed by atoms with Crippen molar-refractivity contribution in [2.45, 2.75) is 38.7 Å². The number of rotatable bonds is 6. The van der Waals surface area contributed by atoms with Crippen molar-refractivity contribution in [1.29, 1.82) is 0 Å². The van der Waals surface area contributed by atoms with Gasteiger partial charge in [-0.2, -0.15) is 0 Å². The number of carbonyl (C=O) groups excluding carboxylic acids is 3. The Labute approximate surface area is 170 Å². The molecule has 1 aliphatic heterocycles. The molecule has 1 aliphatic rings. The number of nitrogens with one attached hydrogen (secondary N) is 1. The van der Waals surface area contributed by atoms with Gasteiger partial charge in [-0.25, -0.2) is 0 Å². The van der Waals surface area contributed by atoms with Crippen molar-refractivity contribution in [3.8, 4) is 0 Å². The maximum absolute atomic E-state index is 12.9. The highest BCUT2D eigenvalue weighted by atomic mass is 16.5. The van der Waals surface area contributed by atoms with Crippen LogP contribution in [-0.2, 0) is 19.1 Å². The topological polar surface area (TPSA) is 75.7 Å². The van der Waals surface area contributed by atoms with E-state index in [0.717, 1.165) is 24.8 Å². The number of hydrogen-bond donors (Lipinski definition) is 1. The summed E-state index contributed by atoms with van der Waals surface area (Å²) in [6, 6.07) is 16.3. The van der Waals surface area contributed by atoms with E-state index in [0.29, 0.717) is 24.2 Å². The Kier molecular flexibility index (Phi) is 7.00. The molecule has 29 heavy (non-hydrogen) atoms. The summed E-state index contributed by atoms with van der Waals surface area (Å²) in [5.41, 5.74) is 2.28. The maximum atomic E-state index is 12.9. The number of esters is 1. The molecule has 2 aromatic rings. The van der Waals surface area contributed by atoms with E-state index >= 15 is 0 Å². The minimum atomic E-state index is -1.09. The molecule has 1 saturated heterocycles. The molecule has 3 rings (SSSR count). The van der Waals surface area contributed by atoms with Gasteiger partial charge in [-0.3, -0.25) is 14.4 Å². The normalized spacial score (nSPS) is 15.3. The molecule has 1 heterocycles. The third kappa shape index (κ3) is 5.91. The molecule has 0 unspecified atom stereocenters. The predicted molar refractivity (Wildman–Crippen MR) is 110 cm³/mol. The van der Waals surface area contributed by atoms with E-state index in [-0.39, 0.29) is 12.5 Å². The van der Waals surface area contributed by atoms with Crippen molar-refractivity contribution in [2.24, 2.45) is 0 Å². The minimum absolute atomic E-state index is 0.0418. The Morgan fingerprint density at radius 2 is 1.76 bits per heavy atom. The third-order valence-electron chi connectivity index (χ3n) is 4.90. The molecule has 0 radical (unpaired) electrons. The summed E-state index contributed by atoms with van der Waals surface area (Å²) >= 11 is 0. The second-order valence-electron chi connectivity index (χ2n) is 7.26. The van der Waals surface area contributed by atoms with Gasteiger partial charge in [-0.1, -0.05) is 54.4 Å². The van der Waals surface area contributed by atoms with Crippen LogP contribution in [0.4, 0.5) is 5.69 Å². The number of aryl methyl sites for hydroxylation is 1. The molecule has 6 nitrogen and oxygen atoms in total.